The zero-order chi connectivity index (χ0) is 28.9. The molecule has 0 saturated carbocycles. The van der Waals surface area contributed by atoms with Gasteiger partial charge in [-0.25, -0.2) is 13.1 Å². The van der Waals surface area contributed by atoms with Crippen LogP contribution in [0.4, 0.5) is 0 Å². The molecule has 0 radical (unpaired) electrons. The maximum atomic E-state index is 13.0. The molecule has 3 aromatic rings. The number of hydrogen-bond donors (Lipinski definition) is 4. The van der Waals surface area contributed by atoms with E-state index in [-0.39, 0.29) is 23.5 Å². The lowest BCUT2D eigenvalue weighted by Crippen LogP contribution is -2.47. The molecule has 7 nitrogen and oxygen atoms in total. The predicted molar refractivity (Wildman–Crippen MR) is 158 cm³/mol. The van der Waals surface area contributed by atoms with Crippen molar-refractivity contribution in [3.63, 3.8) is 0 Å². The van der Waals surface area contributed by atoms with Crippen LogP contribution >= 0.6 is 0 Å². The molecule has 0 amide bonds. The summed E-state index contributed by atoms with van der Waals surface area (Å²) in [6.45, 7) is 6.10. The molecule has 4 N–H and O–H groups in total. The average Bonchev–Trinajstić information content (AvgIpc) is 3.33. The Morgan fingerprint density at radius 1 is 0.950 bits per heavy atom. The number of nitrogens with one attached hydrogen (secondary N) is 2. The lowest BCUT2D eigenvalue weighted by Gasteiger charge is -2.30. The maximum absolute atomic E-state index is 13.0. The lowest BCUT2D eigenvalue weighted by molar-refractivity contribution is -0.141. The zero-order valence-electron chi connectivity index (χ0n) is 23.4. The number of aliphatic hydroxyl groups excluding tert-OH is 1. The molecule has 0 heterocycles. The summed E-state index contributed by atoms with van der Waals surface area (Å²) in [5.41, 5.74) is 5.12. The van der Waals surface area contributed by atoms with E-state index in [2.05, 4.69) is 48.2 Å². The topological polar surface area (TPSA) is 116 Å². The van der Waals surface area contributed by atoms with Crippen molar-refractivity contribution in [1.82, 2.24) is 10.0 Å². The fraction of sp³-hybridized carbons (Fsp3) is 0.406. The Kier molecular flexibility index (Phi) is 9.46. The van der Waals surface area contributed by atoms with Gasteiger partial charge in [0, 0.05) is 18.6 Å². The molecule has 1 aliphatic carbocycles. The molecule has 3 aromatic carbocycles. The predicted octanol–water partition coefficient (Wildman–Crippen LogP) is 4.43. The molecule has 40 heavy (non-hydrogen) atoms. The van der Waals surface area contributed by atoms with E-state index in [9.17, 15) is 18.3 Å². The van der Waals surface area contributed by atoms with Crippen LogP contribution in [0.2, 0.25) is 0 Å². The van der Waals surface area contributed by atoms with Crippen molar-refractivity contribution in [3.05, 3.63) is 89.5 Å². The number of aliphatic carboxylic acids is 1. The van der Waals surface area contributed by atoms with Gasteiger partial charge in [-0.15, -0.1) is 0 Å². The standard InChI is InChI=1S/C32H40N2O5S/c1-22(31(36)37)15-23-11-13-25(14-12-23)28-9-6-10-30(18-28)40(38,39)34-21-29(35)20-33-32(2,3)19-24-16-26-7-4-5-8-27(26)17-24/h4-14,18,22,24,29,33-35H,15-17,19-21H2,1-3H3,(H,36,37). The van der Waals surface area contributed by atoms with Gasteiger partial charge in [0.05, 0.1) is 16.9 Å². The first-order valence-corrected chi connectivity index (χ1v) is 15.3. The van der Waals surface area contributed by atoms with Crippen LogP contribution in [0.15, 0.2) is 77.7 Å². The highest BCUT2D eigenvalue weighted by molar-refractivity contribution is 7.89. The lowest BCUT2D eigenvalue weighted by atomic mass is 9.88. The minimum atomic E-state index is -3.83. The monoisotopic (exact) mass is 564 g/mol. The third-order valence-corrected chi connectivity index (χ3v) is 9.08. The SMILES string of the molecule is CC(Cc1ccc(-c2cccc(S(=O)(=O)NCC(O)CNC(C)(C)CC3Cc4ccccc4C3)c2)cc1)C(=O)O. The molecule has 0 saturated heterocycles. The van der Waals surface area contributed by atoms with Gasteiger partial charge in [-0.2, -0.15) is 0 Å². The molecular weight excluding hydrogens is 524 g/mol. The molecule has 0 aromatic heterocycles. The van der Waals surface area contributed by atoms with E-state index in [1.165, 1.54) is 17.2 Å². The summed E-state index contributed by atoms with van der Waals surface area (Å²) in [6.07, 6.45) is 2.65. The van der Waals surface area contributed by atoms with Gasteiger partial charge in [0.2, 0.25) is 10.0 Å². The summed E-state index contributed by atoms with van der Waals surface area (Å²) in [6, 6.07) is 22.7. The average molecular weight is 565 g/mol. The van der Waals surface area contributed by atoms with Crippen molar-refractivity contribution < 1.29 is 23.4 Å². The molecule has 0 aliphatic heterocycles. The highest BCUT2D eigenvalue weighted by atomic mass is 32.2. The van der Waals surface area contributed by atoms with Gasteiger partial charge in [-0.1, -0.05) is 67.6 Å². The second kappa shape index (κ2) is 12.6. The highest BCUT2D eigenvalue weighted by Gasteiger charge is 2.28. The number of benzene rings is 3. The Bertz CT molecular complexity index is 1390. The van der Waals surface area contributed by atoms with Crippen molar-refractivity contribution in [3.8, 4) is 11.1 Å². The summed E-state index contributed by atoms with van der Waals surface area (Å²) in [4.78, 5) is 11.2. The van der Waals surface area contributed by atoms with E-state index >= 15 is 0 Å². The minimum Gasteiger partial charge on any atom is -0.481 e. The summed E-state index contributed by atoms with van der Waals surface area (Å²) in [7, 11) is -3.83. The molecule has 2 atom stereocenters. The zero-order valence-corrected chi connectivity index (χ0v) is 24.2. The van der Waals surface area contributed by atoms with Crippen LogP contribution in [0, 0.1) is 11.8 Å². The van der Waals surface area contributed by atoms with Gasteiger partial charge < -0.3 is 15.5 Å². The fourth-order valence-corrected chi connectivity index (χ4v) is 6.58. The van der Waals surface area contributed by atoms with Crippen LogP contribution in [0.5, 0.6) is 0 Å². The normalized spacial score (nSPS) is 15.5. The van der Waals surface area contributed by atoms with Gasteiger partial charge in [-0.3, -0.25) is 4.79 Å². The van der Waals surface area contributed by atoms with Crippen LogP contribution in [-0.2, 0) is 34.1 Å². The van der Waals surface area contributed by atoms with Crippen molar-refractivity contribution >= 4 is 16.0 Å². The molecule has 0 fully saturated rings. The molecule has 8 heteroatoms. The highest BCUT2D eigenvalue weighted by Crippen LogP contribution is 2.32. The molecule has 4 rings (SSSR count). The first-order valence-electron chi connectivity index (χ1n) is 13.8. The summed E-state index contributed by atoms with van der Waals surface area (Å²) < 4.78 is 28.5. The minimum absolute atomic E-state index is 0.0963. The van der Waals surface area contributed by atoms with Crippen LogP contribution in [-0.4, -0.2) is 49.3 Å². The number of carbonyl (C=O) groups is 1. The van der Waals surface area contributed by atoms with E-state index in [1.807, 2.05) is 30.3 Å². The van der Waals surface area contributed by atoms with Crippen molar-refractivity contribution in [1.29, 1.82) is 0 Å². The third-order valence-electron chi connectivity index (χ3n) is 7.65. The number of carboxylic acids is 1. The van der Waals surface area contributed by atoms with E-state index < -0.39 is 28.0 Å². The van der Waals surface area contributed by atoms with Crippen molar-refractivity contribution in [2.24, 2.45) is 11.8 Å². The number of sulfonamides is 1. The van der Waals surface area contributed by atoms with Crippen LogP contribution in [0.1, 0.15) is 43.9 Å². The van der Waals surface area contributed by atoms with Gasteiger partial charge in [0.25, 0.3) is 0 Å². The third kappa shape index (κ3) is 8.01. The van der Waals surface area contributed by atoms with Crippen molar-refractivity contribution in [2.45, 2.75) is 63.0 Å². The van der Waals surface area contributed by atoms with Gasteiger partial charge in [-0.05, 0) is 85.4 Å². The van der Waals surface area contributed by atoms with E-state index in [4.69, 9.17) is 5.11 Å². The van der Waals surface area contributed by atoms with Gasteiger partial charge in [0.15, 0.2) is 0 Å². The first-order chi connectivity index (χ1) is 18.9. The Morgan fingerprint density at radius 2 is 1.60 bits per heavy atom. The van der Waals surface area contributed by atoms with Crippen LogP contribution < -0.4 is 10.0 Å². The van der Waals surface area contributed by atoms with E-state index in [1.54, 1.807) is 19.1 Å². The van der Waals surface area contributed by atoms with Gasteiger partial charge >= 0.3 is 5.97 Å². The fourth-order valence-electron chi connectivity index (χ4n) is 5.46. The number of fused-ring (bicyclic) bond motifs is 1. The molecule has 0 bridgehead atoms. The van der Waals surface area contributed by atoms with Crippen molar-refractivity contribution in [2.75, 3.05) is 13.1 Å². The summed E-state index contributed by atoms with van der Waals surface area (Å²) in [5.74, 6) is -0.769. The number of hydrogen-bond acceptors (Lipinski definition) is 5. The van der Waals surface area contributed by atoms with Crippen LogP contribution in [0.3, 0.4) is 0 Å². The second-order valence-electron chi connectivity index (χ2n) is 11.7. The van der Waals surface area contributed by atoms with Crippen LogP contribution in [0.25, 0.3) is 11.1 Å². The Balaban J connectivity index is 1.28. The smallest absolute Gasteiger partial charge is 0.306 e. The Morgan fingerprint density at radius 3 is 2.23 bits per heavy atom. The molecule has 0 spiro atoms. The number of rotatable bonds is 13. The molecular formula is C32H40N2O5S. The largest absolute Gasteiger partial charge is 0.481 e. The van der Waals surface area contributed by atoms with Gasteiger partial charge in [0.1, 0.15) is 0 Å². The molecule has 214 valence electrons. The second-order valence-corrected chi connectivity index (χ2v) is 13.5. The quantitative estimate of drug-likeness (QED) is 0.244. The maximum Gasteiger partial charge on any atom is 0.306 e. The molecule has 1 aliphatic rings. The van der Waals surface area contributed by atoms with E-state index in [0.29, 0.717) is 12.3 Å². The summed E-state index contributed by atoms with van der Waals surface area (Å²) >= 11 is 0. The number of carboxylic acid groups (broad SMARTS) is 1. The van der Waals surface area contributed by atoms with E-state index in [0.717, 1.165) is 36.0 Å². The molecule has 2 unspecified atom stereocenters. The summed E-state index contributed by atoms with van der Waals surface area (Å²) in [5, 5.41) is 23.1. The number of aliphatic hydroxyl groups is 1. The Labute approximate surface area is 237 Å². The Hall–Kier alpha value is -3.04. The first kappa shape index (κ1) is 29.9. The number of β-amino-alcohol motifs (C(OH)–C–C–N with tert-alkyl or cyclic N) is 1.